The van der Waals surface area contributed by atoms with Crippen LogP contribution in [0, 0.1) is 0 Å². The molecule has 0 atom stereocenters. The van der Waals surface area contributed by atoms with E-state index in [9.17, 15) is 0 Å². The highest BCUT2D eigenvalue weighted by molar-refractivity contribution is 5.78. The van der Waals surface area contributed by atoms with Gasteiger partial charge in [0.25, 0.3) is 6.01 Å². The summed E-state index contributed by atoms with van der Waals surface area (Å²) in [5.74, 6) is 1.62. The first kappa shape index (κ1) is 26.3. The molecular formula is C30H32N4O5. The molecule has 5 rings (SSSR count). The molecule has 0 bridgehead atoms. The molecule has 39 heavy (non-hydrogen) atoms. The molecule has 0 aliphatic carbocycles. The molecule has 0 radical (unpaired) electrons. The summed E-state index contributed by atoms with van der Waals surface area (Å²) in [6, 6.07) is 22.6. The minimum absolute atomic E-state index is 0.333. The van der Waals surface area contributed by atoms with Gasteiger partial charge in [-0.25, -0.2) is 0 Å². The number of H-pyrrole nitrogens is 1. The molecule has 0 spiro atoms. The number of nitrogens with zero attached hydrogens (tertiary/aromatic N) is 3. The van der Waals surface area contributed by atoms with Crippen molar-refractivity contribution in [2.75, 3.05) is 32.3 Å². The number of nitrogens with one attached hydrogen (secondary N) is 1. The van der Waals surface area contributed by atoms with E-state index in [-0.39, 0.29) is 0 Å². The first-order valence-electron chi connectivity index (χ1n) is 12.7. The molecular weight excluding hydrogens is 496 g/mol. The highest BCUT2D eigenvalue weighted by atomic mass is 16.5. The molecule has 2 heterocycles. The van der Waals surface area contributed by atoms with Crippen LogP contribution < -0.4 is 14.4 Å². The second-order valence-corrected chi connectivity index (χ2v) is 9.08. The van der Waals surface area contributed by atoms with Gasteiger partial charge < -0.3 is 28.3 Å². The van der Waals surface area contributed by atoms with E-state index >= 15 is 0 Å². The fraction of sp³-hybridized carbons (Fsp3) is 0.267. The Kier molecular flexibility index (Phi) is 8.72. The molecule has 0 unspecified atom stereocenters. The van der Waals surface area contributed by atoms with E-state index in [1.165, 1.54) is 0 Å². The number of methoxy groups -OCH3 is 2. The number of hydrogen-bond acceptors (Lipinski definition) is 8. The molecule has 1 N–H and O–H groups in total. The zero-order valence-corrected chi connectivity index (χ0v) is 22.1. The maximum atomic E-state index is 5.90. The van der Waals surface area contributed by atoms with E-state index < -0.39 is 0 Å². The standard InChI is InChI=1S/C30H32N4O5/c1-35-27-7-3-5-22(14-27)17-34(18-23-9-10-29-25(13-23)16-31-33-29)30-32-26(21-39-30)20-38-12-11-37-19-24-6-4-8-28(15-24)36-2/h3-10,13-16,21H,11-12,17-20H2,1-2H3,(H,31,33). The van der Waals surface area contributed by atoms with Crippen molar-refractivity contribution in [3.05, 3.63) is 102 Å². The molecule has 0 aliphatic rings. The number of oxazole rings is 1. The molecule has 0 fully saturated rings. The Hall–Kier alpha value is -4.34. The van der Waals surface area contributed by atoms with Crippen molar-refractivity contribution in [2.24, 2.45) is 0 Å². The first-order chi connectivity index (χ1) is 19.2. The van der Waals surface area contributed by atoms with Crippen LogP contribution in [0.15, 0.2) is 83.6 Å². The lowest BCUT2D eigenvalue weighted by Crippen LogP contribution is -2.22. The van der Waals surface area contributed by atoms with Crippen LogP contribution in [0.25, 0.3) is 10.9 Å². The smallest absolute Gasteiger partial charge is 0.298 e. The topological polar surface area (TPSA) is 94.9 Å². The van der Waals surface area contributed by atoms with Gasteiger partial charge in [-0.3, -0.25) is 5.10 Å². The minimum Gasteiger partial charge on any atom is -0.497 e. The quantitative estimate of drug-likeness (QED) is 0.189. The van der Waals surface area contributed by atoms with Crippen LogP contribution >= 0.6 is 0 Å². The zero-order chi connectivity index (χ0) is 26.9. The van der Waals surface area contributed by atoms with Crippen LogP contribution in [0.4, 0.5) is 6.01 Å². The van der Waals surface area contributed by atoms with Crippen molar-refractivity contribution in [1.29, 1.82) is 0 Å². The number of anilines is 1. The fourth-order valence-corrected chi connectivity index (χ4v) is 4.25. The normalized spacial score (nSPS) is 11.1. The molecule has 0 amide bonds. The third kappa shape index (κ3) is 7.16. The van der Waals surface area contributed by atoms with Gasteiger partial charge in [0.05, 0.1) is 52.4 Å². The Morgan fingerprint density at radius 1 is 0.795 bits per heavy atom. The molecule has 9 heteroatoms. The van der Waals surface area contributed by atoms with E-state index in [2.05, 4.69) is 33.3 Å². The number of benzene rings is 3. The highest BCUT2D eigenvalue weighted by Gasteiger charge is 2.16. The molecule has 202 valence electrons. The van der Waals surface area contributed by atoms with Crippen LogP contribution in [0.2, 0.25) is 0 Å². The fourth-order valence-electron chi connectivity index (χ4n) is 4.25. The van der Waals surface area contributed by atoms with Gasteiger partial charge >= 0.3 is 0 Å². The maximum Gasteiger partial charge on any atom is 0.298 e. The largest absolute Gasteiger partial charge is 0.497 e. The number of rotatable bonds is 14. The SMILES string of the molecule is COc1cccc(COCCOCc2coc(N(Cc3cccc(OC)c3)Cc3ccc4[nH]ncc4c3)n2)c1. The monoisotopic (exact) mass is 528 g/mol. The molecule has 0 aliphatic heterocycles. The summed E-state index contributed by atoms with van der Waals surface area (Å²) in [5.41, 5.74) is 4.98. The molecule has 3 aromatic carbocycles. The van der Waals surface area contributed by atoms with E-state index in [0.29, 0.717) is 45.5 Å². The number of ether oxygens (including phenoxy) is 4. The number of aromatic amines is 1. The lowest BCUT2D eigenvalue weighted by molar-refractivity contribution is 0.0328. The van der Waals surface area contributed by atoms with Gasteiger partial charge in [0.2, 0.25) is 0 Å². The van der Waals surface area contributed by atoms with Gasteiger partial charge in [-0.1, -0.05) is 30.3 Å². The second-order valence-electron chi connectivity index (χ2n) is 9.08. The Balaban J connectivity index is 1.19. The Bertz CT molecular complexity index is 1480. The molecule has 5 aromatic rings. The average molecular weight is 529 g/mol. The number of hydrogen-bond donors (Lipinski definition) is 1. The summed E-state index contributed by atoms with van der Waals surface area (Å²) in [5, 5.41) is 8.18. The lowest BCUT2D eigenvalue weighted by Gasteiger charge is -2.21. The van der Waals surface area contributed by atoms with Gasteiger partial charge in [-0.2, -0.15) is 10.1 Å². The van der Waals surface area contributed by atoms with Crippen LogP contribution in [0.5, 0.6) is 11.5 Å². The first-order valence-corrected chi connectivity index (χ1v) is 12.7. The summed E-state index contributed by atoms with van der Waals surface area (Å²) in [6.45, 7) is 2.96. The summed E-state index contributed by atoms with van der Waals surface area (Å²) in [6.07, 6.45) is 3.47. The third-order valence-corrected chi connectivity index (χ3v) is 6.22. The predicted octanol–water partition coefficient (Wildman–Crippen LogP) is 5.51. The highest BCUT2D eigenvalue weighted by Crippen LogP contribution is 2.23. The average Bonchev–Trinajstić information content (AvgIpc) is 3.64. The van der Waals surface area contributed by atoms with Crippen molar-refractivity contribution in [1.82, 2.24) is 15.2 Å². The van der Waals surface area contributed by atoms with E-state index in [1.54, 1.807) is 20.5 Å². The van der Waals surface area contributed by atoms with E-state index in [4.69, 9.17) is 28.3 Å². The van der Waals surface area contributed by atoms with Crippen molar-refractivity contribution in [2.45, 2.75) is 26.3 Å². The maximum absolute atomic E-state index is 5.90. The summed E-state index contributed by atoms with van der Waals surface area (Å²) in [4.78, 5) is 6.81. The van der Waals surface area contributed by atoms with Crippen molar-refractivity contribution < 1.29 is 23.4 Å². The van der Waals surface area contributed by atoms with Crippen LogP contribution in [-0.2, 0) is 35.8 Å². The molecule has 9 nitrogen and oxygen atoms in total. The molecule has 0 saturated heterocycles. The Labute approximate surface area is 227 Å². The predicted molar refractivity (Wildman–Crippen MR) is 148 cm³/mol. The van der Waals surface area contributed by atoms with Gasteiger partial charge in [0, 0.05) is 18.5 Å². The number of aromatic nitrogens is 3. The van der Waals surface area contributed by atoms with Gasteiger partial charge in [0.1, 0.15) is 23.5 Å². The van der Waals surface area contributed by atoms with Gasteiger partial charge in [-0.15, -0.1) is 0 Å². The Morgan fingerprint density at radius 2 is 1.49 bits per heavy atom. The summed E-state index contributed by atoms with van der Waals surface area (Å²) in [7, 11) is 3.32. The Morgan fingerprint density at radius 3 is 2.26 bits per heavy atom. The second kappa shape index (κ2) is 12.9. The van der Waals surface area contributed by atoms with Crippen molar-refractivity contribution in [3.8, 4) is 11.5 Å². The van der Waals surface area contributed by atoms with E-state index in [1.807, 2.05) is 54.7 Å². The van der Waals surface area contributed by atoms with Crippen LogP contribution in [-0.4, -0.2) is 42.6 Å². The van der Waals surface area contributed by atoms with Crippen LogP contribution in [0.1, 0.15) is 22.4 Å². The zero-order valence-electron chi connectivity index (χ0n) is 22.1. The van der Waals surface area contributed by atoms with Gasteiger partial charge in [0.15, 0.2) is 0 Å². The third-order valence-electron chi connectivity index (χ3n) is 6.22. The van der Waals surface area contributed by atoms with Crippen molar-refractivity contribution in [3.63, 3.8) is 0 Å². The van der Waals surface area contributed by atoms with Crippen LogP contribution in [0.3, 0.4) is 0 Å². The van der Waals surface area contributed by atoms with E-state index in [0.717, 1.165) is 44.8 Å². The number of fused-ring (bicyclic) bond motifs is 1. The lowest BCUT2D eigenvalue weighted by atomic mass is 10.1. The van der Waals surface area contributed by atoms with Crippen molar-refractivity contribution >= 4 is 16.9 Å². The minimum atomic E-state index is 0.333. The molecule has 0 saturated carbocycles. The summed E-state index contributed by atoms with van der Waals surface area (Å²) < 4.78 is 28.1. The summed E-state index contributed by atoms with van der Waals surface area (Å²) >= 11 is 0. The molecule has 2 aromatic heterocycles. The van der Waals surface area contributed by atoms with Gasteiger partial charge in [-0.05, 0) is 53.1 Å².